The van der Waals surface area contributed by atoms with E-state index in [-0.39, 0.29) is 11.9 Å². The number of nitrogens with one attached hydrogen (secondary N) is 1. The summed E-state index contributed by atoms with van der Waals surface area (Å²) >= 11 is 0. The summed E-state index contributed by atoms with van der Waals surface area (Å²) in [6.45, 7) is 1.31. The van der Waals surface area contributed by atoms with Crippen molar-refractivity contribution in [2.24, 2.45) is 0 Å². The molecule has 4 rings (SSSR count). The van der Waals surface area contributed by atoms with Gasteiger partial charge in [0.15, 0.2) is 9.84 Å². The molecule has 1 aromatic heterocycles. The average molecular weight is 440 g/mol. The Hall–Kier alpha value is -2.97. The third kappa shape index (κ3) is 6.02. The molecule has 7 nitrogen and oxygen atoms in total. The van der Waals surface area contributed by atoms with Gasteiger partial charge >= 0.3 is 0 Å². The van der Waals surface area contributed by atoms with Crippen LogP contribution in [0.25, 0.3) is 11.3 Å². The summed E-state index contributed by atoms with van der Waals surface area (Å²) in [7, 11) is -3.10. The van der Waals surface area contributed by atoms with Crippen LogP contribution in [-0.2, 0) is 20.3 Å². The third-order valence-corrected chi connectivity index (χ3v) is 5.76. The molecule has 1 unspecified atom stereocenters. The lowest BCUT2D eigenvalue weighted by atomic mass is 10.1. The maximum atomic E-state index is 11.6. The van der Waals surface area contributed by atoms with Crippen molar-refractivity contribution >= 4 is 21.3 Å². The van der Waals surface area contributed by atoms with Gasteiger partial charge in [-0.25, -0.2) is 18.4 Å². The van der Waals surface area contributed by atoms with Crippen LogP contribution in [0.2, 0.25) is 0 Å². The number of nitrogens with zero attached hydrogens (tertiary/aromatic N) is 2. The van der Waals surface area contributed by atoms with Gasteiger partial charge in [-0.3, -0.25) is 0 Å². The lowest BCUT2D eigenvalue weighted by Crippen LogP contribution is -2.16. The molecule has 0 spiro atoms. The first-order valence-corrected chi connectivity index (χ1v) is 12.2. The molecule has 1 N–H and O–H groups in total. The van der Waals surface area contributed by atoms with Crippen molar-refractivity contribution in [3.8, 4) is 17.0 Å². The molecule has 0 saturated carbocycles. The van der Waals surface area contributed by atoms with Crippen molar-refractivity contribution in [2.45, 2.75) is 24.7 Å². The second-order valence-electron chi connectivity index (χ2n) is 7.63. The zero-order valence-electron chi connectivity index (χ0n) is 17.3. The Morgan fingerprint density at radius 2 is 2.00 bits per heavy atom. The summed E-state index contributed by atoms with van der Waals surface area (Å²) in [6.07, 6.45) is 4.94. The smallest absolute Gasteiger partial charge is 0.151 e. The predicted molar refractivity (Wildman–Crippen MR) is 120 cm³/mol. The van der Waals surface area contributed by atoms with E-state index in [1.54, 1.807) is 6.07 Å². The van der Waals surface area contributed by atoms with Crippen LogP contribution in [-0.4, -0.2) is 44.0 Å². The second kappa shape index (κ2) is 9.45. The number of rotatable bonds is 8. The zero-order chi connectivity index (χ0) is 21.7. The molecule has 0 aliphatic carbocycles. The molecule has 1 saturated heterocycles. The molecule has 1 aliphatic rings. The fourth-order valence-electron chi connectivity index (χ4n) is 3.53. The lowest BCUT2D eigenvalue weighted by Gasteiger charge is -2.15. The Morgan fingerprint density at radius 3 is 2.81 bits per heavy atom. The van der Waals surface area contributed by atoms with Crippen LogP contribution in [0.5, 0.6) is 5.75 Å². The SMILES string of the molecule is CS(=O)(=O)Cc1cccc(Nc2cc(-c3ccccc3OCC3CCCO3)ncn2)c1. The van der Waals surface area contributed by atoms with Crippen molar-refractivity contribution in [2.75, 3.05) is 24.8 Å². The largest absolute Gasteiger partial charge is 0.490 e. The summed E-state index contributed by atoms with van der Waals surface area (Å²) < 4.78 is 34.8. The van der Waals surface area contributed by atoms with E-state index >= 15 is 0 Å². The Bertz CT molecular complexity index is 1140. The normalized spacial score (nSPS) is 16.2. The van der Waals surface area contributed by atoms with Crippen molar-refractivity contribution in [1.82, 2.24) is 9.97 Å². The molecule has 3 aromatic rings. The highest BCUT2D eigenvalue weighted by Gasteiger charge is 2.17. The Kier molecular flexibility index (Phi) is 6.48. The Morgan fingerprint density at radius 1 is 1.13 bits per heavy atom. The number of hydrogen-bond donors (Lipinski definition) is 1. The molecular formula is C23H25N3O4S. The number of hydrogen-bond acceptors (Lipinski definition) is 7. The van der Waals surface area contributed by atoms with Gasteiger partial charge in [0, 0.05) is 30.2 Å². The molecule has 8 heteroatoms. The fraction of sp³-hybridized carbons (Fsp3) is 0.304. The minimum atomic E-state index is -3.10. The van der Waals surface area contributed by atoms with E-state index in [1.807, 2.05) is 48.5 Å². The molecule has 31 heavy (non-hydrogen) atoms. The summed E-state index contributed by atoms with van der Waals surface area (Å²) in [5.41, 5.74) is 3.08. The van der Waals surface area contributed by atoms with Gasteiger partial charge in [0.2, 0.25) is 0 Å². The molecule has 0 amide bonds. The first kappa shape index (κ1) is 21.3. The summed E-state index contributed by atoms with van der Waals surface area (Å²) in [5, 5.41) is 3.23. The average Bonchev–Trinajstić information content (AvgIpc) is 3.25. The monoisotopic (exact) mass is 439 g/mol. The highest BCUT2D eigenvalue weighted by Crippen LogP contribution is 2.30. The van der Waals surface area contributed by atoms with Crippen molar-refractivity contribution in [3.63, 3.8) is 0 Å². The van der Waals surface area contributed by atoms with Crippen molar-refractivity contribution < 1.29 is 17.9 Å². The highest BCUT2D eigenvalue weighted by atomic mass is 32.2. The van der Waals surface area contributed by atoms with Gasteiger partial charge in [-0.1, -0.05) is 24.3 Å². The summed E-state index contributed by atoms with van der Waals surface area (Å²) in [5.74, 6) is 1.35. The van der Waals surface area contributed by atoms with Crippen LogP contribution < -0.4 is 10.1 Å². The maximum absolute atomic E-state index is 11.6. The lowest BCUT2D eigenvalue weighted by molar-refractivity contribution is 0.0681. The molecule has 1 aliphatic heterocycles. The van der Waals surface area contributed by atoms with E-state index in [2.05, 4.69) is 15.3 Å². The van der Waals surface area contributed by atoms with Crippen LogP contribution in [0.3, 0.4) is 0 Å². The van der Waals surface area contributed by atoms with Crippen molar-refractivity contribution in [1.29, 1.82) is 0 Å². The quantitative estimate of drug-likeness (QED) is 0.567. The highest BCUT2D eigenvalue weighted by molar-refractivity contribution is 7.89. The minimum absolute atomic E-state index is 0.00698. The van der Waals surface area contributed by atoms with Crippen LogP contribution in [0, 0.1) is 0 Å². The van der Waals surface area contributed by atoms with E-state index in [9.17, 15) is 8.42 Å². The van der Waals surface area contributed by atoms with Gasteiger partial charge in [0.05, 0.1) is 17.6 Å². The van der Waals surface area contributed by atoms with E-state index in [0.717, 1.165) is 47.7 Å². The predicted octanol–water partition coefficient (Wildman–Crippen LogP) is 3.99. The summed E-state index contributed by atoms with van der Waals surface area (Å²) in [4.78, 5) is 8.72. The fourth-order valence-corrected chi connectivity index (χ4v) is 4.31. The zero-order valence-corrected chi connectivity index (χ0v) is 18.1. The van der Waals surface area contributed by atoms with E-state index in [0.29, 0.717) is 12.4 Å². The topological polar surface area (TPSA) is 90.4 Å². The molecule has 0 bridgehead atoms. The van der Waals surface area contributed by atoms with E-state index in [1.165, 1.54) is 12.6 Å². The molecule has 2 aromatic carbocycles. The van der Waals surface area contributed by atoms with Crippen LogP contribution in [0.4, 0.5) is 11.5 Å². The van der Waals surface area contributed by atoms with Gasteiger partial charge < -0.3 is 14.8 Å². The molecule has 0 radical (unpaired) electrons. The second-order valence-corrected chi connectivity index (χ2v) is 9.77. The maximum Gasteiger partial charge on any atom is 0.151 e. The van der Waals surface area contributed by atoms with E-state index < -0.39 is 9.84 Å². The number of ether oxygens (including phenoxy) is 2. The Balaban J connectivity index is 1.52. The number of aromatic nitrogens is 2. The molecular weight excluding hydrogens is 414 g/mol. The van der Waals surface area contributed by atoms with Crippen LogP contribution in [0.15, 0.2) is 60.9 Å². The molecule has 2 heterocycles. The van der Waals surface area contributed by atoms with Gasteiger partial charge in [-0.05, 0) is 42.7 Å². The van der Waals surface area contributed by atoms with Gasteiger partial charge in [-0.2, -0.15) is 0 Å². The van der Waals surface area contributed by atoms with E-state index in [4.69, 9.17) is 9.47 Å². The Labute approximate surface area is 182 Å². The van der Waals surface area contributed by atoms with Crippen molar-refractivity contribution in [3.05, 3.63) is 66.5 Å². The van der Waals surface area contributed by atoms with Gasteiger partial charge in [-0.15, -0.1) is 0 Å². The standard InChI is InChI=1S/C23H25N3O4S/c1-31(27,28)15-17-6-4-7-18(12-17)26-23-13-21(24-16-25-23)20-9-2-3-10-22(20)30-14-19-8-5-11-29-19/h2-4,6-7,9-10,12-13,16,19H,5,8,11,14-15H2,1H3,(H,24,25,26). The molecule has 1 atom stereocenters. The van der Waals surface area contributed by atoms with Crippen LogP contribution in [0.1, 0.15) is 18.4 Å². The number of sulfone groups is 1. The molecule has 162 valence electrons. The first-order chi connectivity index (χ1) is 15.0. The first-order valence-electron chi connectivity index (χ1n) is 10.2. The number of benzene rings is 2. The number of anilines is 2. The minimum Gasteiger partial charge on any atom is -0.490 e. The summed E-state index contributed by atoms with van der Waals surface area (Å²) in [6, 6.07) is 16.9. The molecule has 1 fully saturated rings. The third-order valence-electron chi connectivity index (χ3n) is 4.91. The number of para-hydroxylation sites is 1. The van der Waals surface area contributed by atoms with Gasteiger partial charge in [0.25, 0.3) is 0 Å². The van der Waals surface area contributed by atoms with Crippen LogP contribution >= 0.6 is 0 Å². The van der Waals surface area contributed by atoms with Gasteiger partial charge in [0.1, 0.15) is 24.5 Å².